The van der Waals surface area contributed by atoms with E-state index in [0.29, 0.717) is 0 Å². The summed E-state index contributed by atoms with van der Waals surface area (Å²) in [6, 6.07) is 39.0. The van der Waals surface area contributed by atoms with E-state index in [1.165, 1.54) is 22.1 Å². The van der Waals surface area contributed by atoms with Gasteiger partial charge in [0.1, 0.15) is 11.6 Å². The molecular weight excluding hydrogens is 635 g/mol. The van der Waals surface area contributed by atoms with Crippen molar-refractivity contribution < 1.29 is 5.11 Å². The molecule has 0 saturated carbocycles. The predicted molar refractivity (Wildman–Crippen MR) is 219 cm³/mol. The van der Waals surface area contributed by atoms with Gasteiger partial charge in [-0.1, -0.05) is 134 Å². The maximum atomic E-state index is 11.3. The molecule has 0 bridgehead atoms. The van der Waals surface area contributed by atoms with Crippen molar-refractivity contribution in [1.29, 1.82) is 0 Å². The Morgan fingerprint density at radius 2 is 1.23 bits per heavy atom. The van der Waals surface area contributed by atoms with Crippen molar-refractivity contribution in [2.45, 2.75) is 91.5 Å². The summed E-state index contributed by atoms with van der Waals surface area (Å²) >= 11 is 0. The van der Waals surface area contributed by atoms with Gasteiger partial charge < -0.3 is 9.67 Å². The first-order valence-corrected chi connectivity index (χ1v) is 18.5. The minimum atomic E-state index is -0.282. The van der Waals surface area contributed by atoms with E-state index in [0.717, 1.165) is 55.8 Å². The minimum absolute atomic E-state index is 0.0223. The van der Waals surface area contributed by atoms with Crippen LogP contribution in [-0.4, -0.2) is 19.6 Å². The average molecular weight is 686 g/mol. The van der Waals surface area contributed by atoms with E-state index in [1.54, 1.807) is 0 Å². The lowest BCUT2D eigenvalue weighted by Gasteiger charge is -2.28. The van der Waals surface area contributed by atoms with E-state index in [9.17, 15) is 5.11 Å². The van der Waals surface area contributed by atoms with Crippen LogP contribution >= 0.6 is 0 Å². The molecule has 0 fully saturated rings. The Morgan fingerprint density at radius 1 is 0.577 bits per heavy atom. The topological polar surface area (TPSA) is 50.9 Å². The fourth-order valence-electron chi connectivity index (χ4n) is 7.63. The van der Waals surface area contributed by atoms with Crippen LogP contribution in [0.5, 0.6) is 5.75 Å². The van der Waals surface area contributed by atoms with Gasteiger partial charge in [-0.25, -0.2) is 4.98 Å². The number of nitrogens with zero attached hydrogens (tertiary/aromatic N) is 3. The summed E-state index contributed by atoms with van der Waals surface area (Å²) in [6.07, 6.45) is 1.95. The molecule has 264 valence electrons. The standard InChI is InChI=1S/C48H51N3O/c1-30(2)51-41-21-15-19-37(44(41)50-45(51)39-29-34(46(3,4)5)22-23-42(39)52)32-26-31(27-35(28-32)48(9,10)33-16-12-11-13-17-33)36-18-14-20-38-40(47(6,7)8)24-25-49-43(36)38/h11-30,52H,1-10H3. The lowest BCUT2D eigenvalue weighted by molar-refractivity contribution is 0.474. The predicted octanol–water partition coefficient (Wildman–Crippen LogP) is 12.8. The molecule has 5 aromatic carbocycles. The third kappa shape index (κ3) is 6.19. The molecule has 0 spiro atoms. The number of phenols is 1. The lowest BCUT2D eigenvalue weighted by atomic mass is 9.76. The average Bonchev–Trinajstić information content (AvgIpc) is 3.50. The summed E-state index contributed by atoms with van der Waals surface area (Å²) in [5, 5.41) is 12.4. The third-order valence-electron chi connectivity index (χ3n) is 10.7. The van der Waals surface area contributed by atoms with Crippen LogP contribution in [0, 0.1) is 0 Å². The van der Waals surface area contributed by atoms with E-state index in [2.05, 4.69) is 171 Å². The van der Waals surface area contributed by atoms with Crippen LogP contribution < -0.4 is 0 Å². The first kappa shape index (κ1) is 35.2. The van der Waals surface area contributed by atoms with Gasteiger partial charge in [-0.15, -0.1) is 0 Å². The van der Waals surface area contributed by atoms with Crippen LogP contribution in [0.1, 0.15) is 97.5 Å². The normalized spacial score (nSPS) is 12.7. The van der Waals surface area contributed by atoms with Crippen molar-refractivity contribution in [2.24, 2.45) is 0 Å². The third-order valence-corrected chi connectivity index (χ3v) is 10.7. The van der Waals surface area contributed by atoms with Crippen LogP contribution in [-0.2, 0) is 16.2 Å². The first-order chi connectivity index (χ1) is 24.6. The van der Waals surface area contributed by atoms with Crippen molar-refractivity contribution in [1.82, 2.24) is 14.5 Å². The molecule has 4 nitrogen and oxygen atoms in total. The lowest BCUT2D eigenvalue weighted by Crippen LogP contribution is -2.19. The number of phenolic OH excluding ortho intramolecular Hbond substituents is 1. The van der Waals surface area contributed by atoms with Crippen LogP contribution in [0.25, 0.3) is 55.6 Å². The van der Waals surface area contributed by atoms with Gasteiger partial charge in [-0.05, 0) is 88.4 Å². The summed E-state index contributed by atoms with van der Waals surface area (Å²) in [7, 11) is 0. The second kappa shape index (κ2) is 12.8. The van der Waals surface area contributed by atoms with Gasteiger partial charge in [0.25, 0.3) is 0 Å². The zero-order chi connectivity index (χ0) is 37.2. The highest BCUT2D eigenvalue weighted by atomic mass is 16.3. The molecule has 0 radical (unpaired) electrons. The Balaban J connectivity index is 1.52. The molecule has 2 aromatic heterocycles. The fraction of sp³-hybridized carbons (Fsp3) is 0.292. The Labute approximate surface area is 309 Å². The van der Waals surface area contributed by atoms with Crippen LogP contribution in [0.4, 0.5) is 0 Å². The van der Waals surface area contributed by atoms with Gasteiger partial charge in [0, 0.05) is 34.2 Å². The molecule has 0 aliphatic heterocycles. The fourth-order valence-corrected chi connectivity index (χ4v) is 7.63. The van der Waals surface area contributed by atoms with E-state index in [-0.39, 0.29) is 28.0 Å². The quantitative estimate of drug-likeness (QED) is 0.190. The Hall–Kier alpha value is -5.22. The van der Waals surface area contributed by atoms with Crippen molar-refractivity contribution in [3.8, 4) is 39.4 Å². The molecule has 4 heteroatoms. The second-order valence-electron chi connectivity index (χ2n) is 17.2. The van der Waals surface area contributed by atoms with Gasteiger partial charge >= 0.3 is 0 Å². The zero-order valence-electron chi connectivity index (χ0n) is 32.3. The van der Waals surface area contributed by atoms with Crippen molar-refractivity contribution >= 4 is 21.9 Å². The van der Waals surface area contributed by atoms with Crippen LogP contribution in [0.2, 0.25) is 0 Å². The summed E-state index contributed by atoms with van der Waals surface area (Å²) in [4.78, 5) is 10.4. The largest absolute Gasteiger partial charge is 0.507 e. The summed E-state index contributed by atoms with van der Waals surface area (Å²) < 4.78 is 2.27. The van der Waals surface area contributed by atoms with Gasteiger partial charge in [-0.3, -0.25) is 4.98 Å². The highest BCUT2D eigenvalue weighted by molar-refractivity contribution is 5.99. The summed E-state index contributed by atoms with van der Waals surface area (Å²) in [6.45, 7) is 22.4. The summed E-state index contributed by atoms with van der Waals surface area (Å²) in [5.74, 6) is 1.01. The smallest absolute Gasteiger partial charge is 0.145 e. The number of hydrogen-bond donors (Lipinski definition) is 1. The van der Waals surface area contributed by atoms with Crippen molar-refractivity contribution in [2.75, 3.05) is 0 Å². The summed E-state index contributed by atoms with van der Waals surface area (Å²) in [5.41, 5.74) is 12.6. The molecule has 0 amide bonds. The highest BCUT2D eigenvalue weighted by Gasteiger charge is 2.27. The zero-order valence-corrected chi connectivity index (χ0v) is 32.3. The number of aromatic hydroxyl groups is 1. The number of rotatable bonds is 6. The first-order valence-electron chi connectivity index (χ1n) is 18.5. The molecule has 7 aromatic rings. The molecule has 52 heavy (non-hydrogen) atoms. The molecule has 0 atom stereocenters. The number of hydrogen-bond acceptors (Lipinski definition) is 3. The number of aromatic nitrogens is 3. The van der Waals surface area contributed by atoms with E-state index >= 15 is 0 Å². The number of imidazole rings is 1. The molecule has 0 aliphatic rings. The van der Waals surface area contributed by atoms with Crippen molar-refractivity contribution in [3.05, 3.63) is 138 Å². The molecule has 0 unspecified atom stereocenters. The molecule has 7 rings (SSSR count). The van der Waals surface area contributed by atoms with E-state index in [4.69, 9.17) is 9.97 Å². The number of para-hydroxylation sites is 2. The molecule has 0 saturated heterocycles. The Bertz CT molecular complexity index is 2440. The minimum Gasteiger partial charge on any atom is -0.507 e. The monoisotopic (exact) mass is 685 g/mol. The van der Waals surface area contributed by atoms with Gasteiger partial charge in [-0.2, -0.15) is 0 Å². The van der Waals surface area contributed by atoms with Crippen molar-refractivity contribution in [3.63, 3.8) is 0 Å². The van der Waals surface area contributed by atoms with Gasteiger partial charge in [0.15, 0.2) is 0 Å². The number of pyridine rings is 1. The molecular formula is C48H51N3O. The molecule has 1 N–H and O–H groups in total. The van der Waals surface area contributed by atoms with Gasteiger partial charge in [0.05, 0.1) is 22.1 Å². The number of benzene rings is 5. The SMILES string of the molecule is CC(C)n1c(-c2cc(C(C)(C)C)ccc2O)nc2c(-c3cc(-c4cccc5c(C(C)(C)C)ccnc45)cc(C(C)(C)c4ccccc4)c3)cccc21. The number of fused-ring (bicyclic) bond motifs is 2. The molecule has 0 aliphatic carbocycles. The van der Waals surface area contributed by atoms with Crippen LogP contribution in [0.15, 0.2) is 115 Å². The second-order valence-corrected chi connectivity index (χ2v) is 17.2. The Morgan fingerprint density at radius 3 is 1.87 bits per heavy atom. The van der Waals surface area contributed by atoms with E-state index < -0.39 is 0 Å². The van der Waals surface area contributed by atoms with Crippen LogP contribution in [0.3, 0.4) is 0 Å². The maximum absolute atomic E-state index is 11.3. The Kier molecular flexibility index (Phi) is 8.64. The maximum Gasteiger partial charge on any atom is 0.145 e. The highest BCUT2D eigenvalue weighted by Crippen LogP contribution is 2.43. The molecule has 2 heterocycles. The van der Waals surface area contributed by atoms with Gasteiger partial charge in [0.2, 0.25) is 0 Å². The van der Waals surface area contributed by atoms with E-state index in [1.807, 2.05) is 18.3 Å².